The predicted octanol–water partition coefficient (Wildman–Crippen LogP) is 4.47. The summed E-state index contributed by atoms with van der Waals surface area (Å²) < 4.78 is 12.1. The van der Waals surface area contributed by atoms with Gasteiger partial charge in [0.25, 0.3) is 5.91 Å². The smallest absolute Gasteiger partial charge is 0.259 e. The molecule has 2 atom stereocenters. The normalized spacial score (nSPS) is 20.2. The van der Waals surface area contributed by atoms with Crippen LogP contribution in [0.2, 0.25) is 0 Å². The van der Waals surface area contributed by atoms with Crippen LogP contribution in [0.25, 0.3) is 0 Å². The van der Waals surface area contributed by atoms with E-state index in [0.29, 0.717) is 12.4 Å². The maximum absolute atomic E-state index is 12.9. The minimum absolute atomic E-state index is 0.0290. The molecule has 0 aliphatic carbocycles. The van der Waals surface area contributed by atoms with Crippen LogP contribution < -0.4 is 9.64 Å². The number of carbonyl (C=O) groups is 1. The van der Waals surface area contributed by atoms with E-state index in [4.69, 9.17) is 9.47 Å². The van der Waals surface area contributed by atoms with Crippen LogP contribution in [0.4, 0.5) is 5.69 Å². The molecular formula is C22H17NO3. The highest BCUT2D eigenvalue weighted by Gasteiger charge is 2.52. The zero-order valence-corrected chi connectivity index (χ0v) is 14.0. The SMILES string of the molecule is O=C1[C@H](OCc2ccccc2)[C@H]2c3ccccc3Oc3ccccc3N12. The number of hydrogen-bond acceptors (Lipinski definition) is 3. The quantitative estimate of drug-likeness (QED) is 0.659. The van der Waals surface area contributed by atoms with Gasteiger partial charge in [0.05, 0.1) is 12.3 Å². The molecule has 2 aliphatic heterocycles. The highest BCUT2D eigenvalue weighted by Crippen LogP contribution is 2.51. The molecule has 128 valence electrons. The number of ether oxygens (including phenoxy) is 2. The molecule has 1 amide bonds. The molecule has 0 saturated carbocycles. The molecular weight excluding hydrogens is 326 g/mol. The van der Waals surface area contributed by atoms with E-state index in [-0.39, 0.29) is 11.9 Å². The van der Waals surface area contributed by atoms with Crippen molar-refractivity contribution in [3.63, 3.8) is 0 Å². The van der Waals surface area contributed by atoms with E-state index in [1.807, 2.05) is 78.9 Å². The lowest BCUT2D eigenvalue weighted by Gasteiger charge is -2.45. The lowest BCUT2D eigenvalue weighted by atomic mass is 9.89. The first-order chi connectivity index (χ1) is 12.8. The van der Waals surface area contributed by atoms with Gasteiger partial charge in [0.2, 0.25) is 0 Å². The Balaban J connectivity index is 1.51. The standard InChI is InChI=1S/C22H17NO3/c24-22-21(25-14-15-8-2-1-3-9-15)20-16-10-4-6-12-18(16)26-19-13-7-5-11-17(19)23(20)22/h1-13,20-21H,14H2/t20-,21-/m1/s1. The summed E-state index contributed by atoms with van der Waals surface area (Å²) in [5, 5.41) is 0. The Hall–Kier alpha value is -3.11. The highest BCUT2D eigenvalue weighted by molar-refractivity contribution is 6.06. The fraction of sp³-hybridized carbons (Fsp3) is 0.136. The van der Waals surface area contributed by atoms with Gasteiger partial charge in [0.15, 0.2) is 11.9 Å². The first kappa shape index (κ1) is 15.2. The summed E-state index contributed by atoms with van der Waals surface area (Å²) in [7, 11) is 0. The van der Waals surface area contributed by atoms with E-state index in [1.54, 1.807) is 4.90 Å². The highest BCUT2D eigenvalue weighted by atomic mass is 16.5. The number of rotatable bonds is 3. The Morgan fingerprint density at radius 3 is 2.38 bits per heavy atom. The summed E-state index contributed by atoms with van der Waals surface area (Å²) in [6.07, 6.45) is -0.508. The minimum Gasteiger partial charge on any atom is -0.455 e. The van der Waals surface area contributed by atoms with E-state index in [9.17, 15) is 4.79 Å². The first-order valence-corrected chi connectivity index (χ1v) is 8.67. The van der Waals surface area contributed by atoms with Crippen molar-refractivity contribution in [1.82, 2.24) is 0 Å². The van der Waals surface area contributed by atoms with E-state index < -0.39 is 6.10 Å². The average molecular weight is 343 g/mol. The molecule has 0 aromatic heterocycles. The van der Waals surface area contributed by atoms with Crippen molar-refractivity contribution in [2.75, 3.05) is 4.90 Å². The number of β-lactam (4-membered cyclic amide) rings is 1. The van der Waals surface area contributed by atoms with E-state index in [2.05, 4.69) is 0 Å². The zero-order valence-electron chi connectivity index (χ0n) is 14.0. The summed E-state index contributed by atoms with van der Waals surface area (Å²) in [6.45, 7) is 0.409. The number of fused-ring (bicyclic) bond motifs is 5. The van der Waals surface area contributed by atoms with Crippen LogP contribution >= 0.6 is 0 Å². The number of para-hydroxylation sites is 3. The lowest BCUT2D eigenvalue weighted by molar-refractivity contribution is -0.143. The molecule has 3 aromatic carbocycles. The van der Waals surface area contributed by atoms with Gasteiger partial charge >= 0.3 is 0 Å². The monoisotopic (exact) mass is 343 g/mol. The Bertz CT molecular complexity index is 970. The van der Waals surface area contributed by atoms with Crippen LogP contribution in [-0.4, -0.2) is 12.0 Å². The van der Waals surface area contributed by atoms with Gasteiger partial charge < -0.3 is 9.47 Å². The summed E-state index contributed by atoms with van der Waals surface area (Å²) in [5.74, 6) is 1.43. The molecule has 0 bridgehead atoms. The van der Waals surface area contributed by atoms with E-state index >= 15 is 0 Å². The maximum atomic E-state index is 12.9. The summed E-state index contributed by atoms with van der Waals surface area (Å²) in [5.41, 5.74) is 2.82. The molecule has 0 spiro atoms. The molecule has 1 fully saturated rings. The largest absolute Gasteiger partial charge is 0.455 e. The maximum Gasteiger partial charge on any atom is 0.259 e. The van der Waals surface area contributed by atoms with Gasteiger partial charge in [-0.1, -0.05) is 60.7 Å². The van der Waals surface area contributed by atoms with Crippen molar-refractivity contribution >= 4 is 11.6 Å². The van der Waals surface area contributed by atoms with Crippen LogP contribution in [0, 0.1) is 0 Å². The molecule has 0 N–H and O–H groups in total. The second-order valence-corrected chi connectivity index (χ2v) is 6.48. The lowest BCUT2D eigenvalue weighted by Crippen LogP contribution is -2.60. The molecule has 1 saturated heterocycles. The Labute approximate surface area is 151 Å². The molecule has 4 nitrogen and oxygen atoms in total. The third kappa shape index (κ3) is 2.30. The molecule has 4 heteroatoms. The fourth-order valence-electron chi connectivity index (χ4n) is 3.63. The van der Waals surface area contributed by atoms with Crippen molar-refractivity contribution < 1.29 is 14.3 Å². The van der Waals surface area contributed by atoms with Crippen molar-refractivity contribution in [2.24, 2.45) is 0 Å². The van der Waals surface area contributed by atoms with Crippen LogP contribution in [0.15, 0.2) is 78.9 Å². The van der Waals surface area contributed by atoms with Gasteiger partial charge in [-0.2, -0.15) is 0 Å². The molecule has 2 aliphatic rings. The van der Waals surface area contributed by atoms with Crippen LogP contribution in [0.5, 0.6) is 11.5 Å². The second-order valence-electron chi connectivity index (χ2n) is 6.48. The van der Waals surface area contributed by atoms with Gasteiger partial charge in [-0.05, 0) is 23.8 Å². The van der Waals surface area contributed by atoms with Crippen molar-refractivity contribution in [3.8, 4) is 11.5 Å². The molecule has 0 unspecified atom stereocenters. The summed E-state index contributed by atoms with van der Waals surface area (Å²) in [4.78, 5) is 14.7. The van der Waals surface area contributed by atoms with Gasteiger partial charge in [0, 0.05) is 5.56 Å². The minimum atomic E-state index is -0.508. The number of nitrogens with zero attached hydrogens (tertiary/aromatic N) is 1. The predicted molar refractivity (Wildman–Crippen MR) is 98.2 cm³/mol. The fourth-order valence-corrected chi connectivity index (χ4v) is 3.63. The topological polar surface area (TPSA) is 38.8 Å². The van der Waals surface area contributed by atoms with Crippen molar-refractivity contribution in [3.05, 3.63) is 90.0 Å². The summed E-state index contributed by atoms with van der Waals surface area (Å²) >= 11 is 0. The second kappa shape index (κ2) is 6.00. The third-order valence-electron chi connectivity index (χ3n) is 4.90. The Morgan fingerprint density at radius 2 is 1.54 bits per heavy atom. The molecule has 0 radical (unpaired) electrons. The molecule has 2 heterocycles. The molecule has 26 heavy (non-hydrogen) atoms. The zero-order chi connectivity index (χ0) is 17.5. The van der Waals surface area contributed by atoms with Gasteiger partial charge in [-0.3, -0.25) is 9.69 Å². The average Bonchev–Trinajstić information content (AvgIpc) is 2.81. The number of amides is 1. The van der Waals surface area contributed by atoms with E-state index in [0.717, 1.165) is 22.6 Å². The number of anilines is 1. The van der Waals surface area contributed by atoms with Crippen molar-refractivity contribution in [1.29, 1.82) is 0 Å². The molecule has 3 aromatic rings. The van der Waals surface area contributed by atoms with Crippen molar-refractivity contribution in [2.45, 2.75) is 18.8 Å². The van der Waals surface area contributed by atoms with E-state index in [1.165, 1.54) is 0 Å². The van der Waals surface area contributed by atoms with Crippen LogP contribution in [0.3, 0.4) is 0 Å². The Kier molecular flexibility index (Phi) is 3.50. The van der Waals surface area contributed by atoms with Crippen LogP contribution in [-0.2, 0) is 16.1 Å². The Morgan fingerprint density at radius 1 is 0.846 bits per heavy atom. The van der Waals surface area contributed by atoms with Gasteiger partial charge in [-0.25, -0.2) is 0 Å². The number of hydrogen-bond donors (Lipinski definition) is 0. The number of benzene rings is 3. The first-order valence-electron chi connectivity index (χ1n) is 8.67. The number of carbonyl (C=O) groups excluding carboxylic acids is 1. The van der Waals surface area contributed by atoms with Gasteiger partial charge in [-0.15, -0.1) is 0 Å². The summed E-state index contributed by atoms with van der Waals surface area (Å²) in [6, 6.07) is 25.2. The third-order valence-corrected chi connectivity index (χ3v) is 4.90. The molecule has 5 rings (SSSR count). The van der Waals surface area contributed by atoms with Crippen LogP contribution in [0.1, 0.15) is 17.2 Å². The van der Waals surface area contributed by atoms with Gasteiger partial charge in [0.1, 0.15) is 11.8 Å².